The predicted octanol–water partition coefficient (Wildman–Crippen LogP) is 3.13. The number of amides is 2. The van der Waals surface area contributed by atoms with Crippen molar-refractivity contribution in [3.8, 4) is 5.75 Å². The molecule has 7 nitrogen and oxygen atoms in total. The first-order valence-corrected chi connectivity index (χ1v) is 9.58. The summed E-state index contributed by atoms with van der Waals surface area (Å²) in [6, 6.07) is 13.9. The Morgan fingerprint density at radius 1 is 0.862 bits per heavy atom. The summed E-state index contributed by atoms with van der Waals surface area (Å²) in [5.74, 6) is 0.194. The third-order valence-corrected chi connectivity index (χ3v) is 4.79. The highest BCUT2D eigenvalue weighted by atomic mass is 16.7. The molecule has 0 atom stereocenters. The highest BCUT2D eigenvalue weighted by Gasteiger charge is 2.26. The highest BCUT2D eigenvalue weighted by Crippen LogP contribution is 2.17. The van der Waals surface area contributed by atoms with E-state index in [1.807, 2.05) is 31.2 Å². The maximum absolute atomic E-state index is 12.7. The van der Waals surface area contributed by atoms with Crippen LogP contribution in [0.3, 0.4) is 0 Å². The molecule has 1 aliphatic heterocycles. The van der Waals surface area contributed by atoms with E-state index in [1.165, 1.54) is 0 Å². The van der Waals surface area contributed by atoms with Crippen LogP contribution in [-0.2, 0) is 4.74 Å². The second kappa shape index (κ2) is 9.23. The number of piperazine rings is 1. The molecule has 1 saturated heterocycles. The number of carbonyl (C=O) groups excluding carboxylic acids is 3. The van der Waals surface area contributed by atoms with Crippen molar-refractivity contribution < 1.29 is 23.9 Å². The van der Waals surface area contributed by atoms with E-state index in [9.17, 15) is 14.4 Å². The van der Waals surface area contributed by atoms with E-state index in [-0.39, 0.29) is 18.4 Å². The van der Waals surface area contributed by atoms with Crippen LogP contribution in [-0.4, -0.2) is 60.6 Å². The van der Waals surface area contributed by atoms with Crippen molar-refractivity contribution in [3.63, 3.8) is 0 Å². The van der Waals surface area contributed by atoms with Crippen LogP contribution in [0.5, 0.6) is 5.75 Å². The quantitative estimate of drug-likeness (QED) is 0.586. The molecule has 0 radical (unpaired) electrons. The normalized spacial score (nSPS) is 13.7. The summed E-state index contributed by atoms with van der Waals surface area (Å²) in [6.45, 7) is 5.76. The van der Waals surface area contributed by atoms with Crippen LogP contribution in [0.15, 0.2) is 48.5 Å². The smallest absolute Gasteiger partial charge is 0.434 e. The van der Waals surface area contributed by atoms with Gasteiger partial charge in [0.05, 0.1) is 6.61 Å². The topological polar surface area (TPSA) is 76.2 Å². The van der Waals surface area contributed by atoms with Crippen LogP contribution in [0.1, 0.15) is 33.2 Å². The molecule has 1 aliphatic rings. The summed E-state index contributed by atoms with van der Waals surface area (Å²) in [6.07, 6.45) is -0.777. The Morgan fingerprint density at radius 3 is 2.03 bits per heavy atom. The number of rotatable bonds is 4. The van der Waals surface area contributed by atoms with Gasteiger partial charge in [-0.15, -0.1) is 0 Å². The van der Waals surface area contributed by atoms with E-state index >= 15 is 0 Å². The van der Waals surface area contributed by atoms with E-state index in [2.05, 4.69) is 0 Å². The maximum atomic E-state index is 12.7. The van der Waals surface area contributed by atoms with Gasteiger partial charge in [0.1, 0.15) is 5.75 Å². The predicted molar refractivity (Wildman–Crippen MR) is 107 cm³/mol. The lowest BCUT2D eigenvalue weighted by molar-refractivity contribution is 0.0535. The minimum absolute atomic E-state index is 0.00401. The number of hydrogen-bond donors (Lipinski definition) is 0. The second-order valence-electron chi connectivity index (χ2n) is 6.71. The SMILES string of the molecule is CCOC(=O)Oc1ccc(C(=O)N2CCN(C(=O)c3ccccc3C)CC2)cc1. The molecule has 7 heteroatoms. The van der Waals surface area contributed by atoms with Crippen molar-refractivity contribution in [2.45, 2.75) is 13.8 Å². The van der Waals surface area contributed by atoms with E-state index in [4.69, 9.17) is 9.47 Å². The number of nitrogens with zero attached hydrogens (tertiary/aromatic N) is 2. The van der Waals surface area contributed by atoms with Gasteiger partial charge in [-0.05, 0) is 49.7 Å². The van der Waals surface area contributed by atoms with Gasteiger partial charge < -0.3 is 19.3 Å². The van der Waals surface area contributed by atoms with Gasteiger partial charge in [0.15, 0.2) is 0 Å². The first kappa shape index (κ1) is 20.4. The molecule has 0 N–H and O–H groups in total. The molecule has 2 aromatic carbocycles. The summed E-state index contributed by atoms with van der Waals surface area (Å²) in [4.78, 5) is 40.3. The molecular formula is C22H24N2O5. The zero-order chi connectivity index (χ0) is 20.8. The molecule has 0 saturated carbocycles. The van der Waals surface area contributed by atoms with Crippen molar-refractivity contribution in [2.75, 3.05) is 32.8 Å². The summed E-state index contributed by atoms with van der Waals surface area (Å²) < 4.78 is 9.72. The van der Waals surface area contributed by atoms with Crippen LogP contribution < -0.4 is 4.74 Å². The molecule has 0 unspecified atom stereocenters. The molecule has 1 fully saturated rings. The second-order valence-corrected chi connectivity index (χ2v) is 6.71. The fourth-order valence-electron chi connectivity index (χ4n) is 3.19. The Kier molecular flexibility index (Phi) is 6.49. The highest BCUT2D eigenvalue weighted by molar-refractivity contribution is 5.96. The summed E-state index contributed by atoms with van der Waals surface area (Å²) >= 11 is 0. The molecule has 0 bridgehead atoms. The minimum Gasteiger partial charge on any atom is -0.434 e. The lowest BCUT2D eigenvalue weighted by Crippen LogP contribution is -2.50. The largest absolute Gasteiger partial charge is 0.513 e. The minimum atomic E-state index is -0.777. The van der Waals surface area contributed by atoms with E-state index < -0.39 is 6.16 Å². The van der Waals surface area contributed by atoms with Gasteiger partial charge in [-0.25, -0.2) is 4.79 Å². The first-order valence-electron chi connectivity index (χ1n) is 9.58. The van der Waals surface area contributed by atoms with Gasteiger partial charge >= 0.3 is 6.16 Å². The van der Waals surface area contributed by atoms with E-state index in [0.29, 0.717) is 43.1 Å². The number of benzene rings is 2. The molecule has 0 aliphatic carbocycles. The Labute approximate surface area is 169 Å². The standard InChI is InChI=1S/C22H24N2O5/c1-3-28-22(27)29-18-10-8-17(9-11-18)20(25)23-12-14-24(15-13-23)21(26)19-7-5-4-6-16(19)2/h4-11H,3,12-15H2,1-2H3. The lowest BCUT2D eigenvalue weighted by Gasteiger charge is -2.35. The molecule has 1 heterocycles. The lowest BCUT2D eigenvalue weighted by atomic mass is 10.1. The fourth-order valence-corrected chi connectivity index (χ4v) is 3.19. The third-order valence-electron chi connectivity index (χ3n) is 4.79. The summed E-state index contributed by atoms with van der Waals surface area (Å²) in [5, 5.41) is 0. The van der Waals surface area contributed by atoms with Gasteiger partial charge in [0.25, 0.3) is 11.8 Å². The molecule has 29 heavy (non-hydrogen) atoms. The fraction of sp³-hybridized carbons (Fsp3) is 0.318. The molecule has 0 aromatic heterocycles. The van der Waals surface area contributed by atoms with Crippen LogP contribution in [0.2, 0.25) is 0 Å². The number of ether oxygens (including phenoxy) is 2. The van der Waals surface area contributed by atoms with Gasteiger partial charge in [-0.2, -0.15) is 0 Å². The van der Waals surface area contributed by atoms with Gasteiger partial charge in [0.2, 0.25) is 0 Å². The Morgan fingerprint density at radius 2 is 1.45 bits per heavy atom. The first-order chi connectivity index (χ1) is 14.0. The van der Waals surface area contributed by atoms with Crippen molar-refractivity contribution in [3.05, 3.63) is 65.2 Å². The zero-order valence-electron chi connectivity index (χ0n) is 16.6. The summed E-state index contributed by atoms with van der Waals surface area (Å²) in [5.41, 5.74) is 2.14. The monoisotopic (exact) mass is 396 g/mol. The van der Waals surface area contributed by atoms with Crippen LogP contribution in [0.25, 0.3) is 0 Å². The number of carbonyl (C=O) groups is 3. The number of aryl methyl sites for hydroxylation is 1. The van der Waals surface area contributed by atoms with E-state index in [0.717, 1.165) is 5.56 Å². The van der Waals surface area contributed by atoms with Gasteiger partial charge in [-0.1, -0.05) is 18.2 Å². The average Bonchev–Trinajstić information content (AvgIpc) is 2.74. The Balaban J connectivity index is 1.56. The average molecular weight is 396 g/mol. The Bertz CT molecular complexity index is 886. The zero-order valence-corrected chi connectivity index (χ0v) is 16.6. The number of hydrogen-bond acceptors (Lipinski definition) is 5. The van der Waals surface area contributed by atoms with Gasteiger partial charge in [-0.3, -0.25) is 9.59 Å². The molecular weight excluding hydrogens is 372 g/mol. The molecule has 0 spiro atoms. The molecule has 3 rings (SSSR count). The van der Waals surface area contributed by atoms with Crippen molar-refractivity contribution in [1.29, 1.82) is 0 Å². The molecule has 152 valence electrons. The van der Waals surface area contributed by atoms with Crippen LogP contribution in [0.4, 0.5) is 4.79 Å². The summed E-state index contributed by atoms with van der Waals surface area (Å²) in [7, 11) is 0. The van der Waals surface area contributed by atoms with Gasteiger partial charge in [0, 0.05) is 37.3 Å². The third kappa shape index (κ3) is 4.93. The van der Waals surface area contributed by atoms with Crippen molar-refractivity contribution in [1.82, 2.24) is 9.80 Å². The van der Waals surface area contributed by atoms with Crippen molar-refractivity contribution >= 4 is 18.0 Å². The van der Waals surface area contributed by atoms with Crippen LogP contribution in [0, 0.1) is 6.92 Å². The Hall–Kier alpha value is -3.35. The van der Waals surface area contributed by atoms with Crippen molar-refractivity contribution in [2.24, 2.45) is 0 Å². The molecule has 2 amide bonds. The van der Waals surface area contributed by atoms with E-state index in [1.54, 1.807) is 41.0 Å². The maximum Gasteiger partial charge on any atom is 0.513 e. The van der Waals surface area contributed by atoms with Crippen LogP contribution >= 0.6 is 0 Å². The molecule has 2 aromatic rings.